The molecular weight excluding hydrogens is 539 g/mol. The average Bonchev–Trinajstić information content (AvgIpc) is 3.42. The third kappa shape index (κ3) is 8.38. The number of morpholine rings is 1. The topological polar surface area (TPSA) is 166 Å². The molecule has 2 fully saturated rings. The van der Waals surface area contributed by atoms with Crippen LogP contribution >= 0.6 is 0 Å². The Kier molecular flexibility index (Phi) is 11.0. The number of hydrogen-bond acceptors (Lipinski definition) is 8. The number of aliphatic carboxylic acids is 3. The standard InChI is InChI=1S/C23H29FN2O2.C6H8O7/c1-27-22-16-19(26-12-14-28-15-13-26)9-8-18(22)17-25-23(10-4-5-11-23)20-6-2-3-7-21(20)24;7-3(8)1-6(13,5(11)12)2-4(9)10/h2-3,6-9,16,25H,4-5,10-15,17H2,1H3;13H,1-2H2,(H,7,8)(H,9,10)(H,11,12). The zero-order valence-electron chi connectivity index (χ0n) is 23.0. The Morgan fingerprint density at radius 3 is 2.17 bits per heavy atom. The van der Waals surface area contributed by atoms with Crippen LogP contribution in [-0.2, 0) is 31.2 Å². The summed E-state index contributed by atoms with van der Waals surface area (Å²) in [6, 6.07) is 13.6. The van der Waals surface area contributed by atoms with E-state index >= 15 is 0 Å². The van der Waals surface area contributed by atoms with Crippen LogP contribution in [0.5, 0.6) is 5.75 Å². The molecule has 5 N–H and O–H groups in total. The van der Waals surface area contributed by atoms with Crippen LogP contribution in [0.4, 0.5) is 10.1 Å². The van der Waals surface area contributed by atoms with Crippen molar-refractivity contribution in [2.45, 2.75) is 56.2 Å². The Bertz CT molecular complexity index is 1190. The van der Waals surface area contributed by atoms with Crippen LogP contribution in [0.1, 0.15) is 49.7 Å². The van der Waals surface area contributed by atoms with E-state index in [1.165, 1.54) is 0 Å². The van der Waals surface area contributed by atoms with Gasteiger partial charge in [0, 0.05) is 48.1 Å². The van der Waals surface area contributed by atoms with Crippen molar-refractivity contribution in [2.75, 3.05) is 38.3 Å². The fraction of sp³-hybridized carbons (Fsp3) is 0.483. The van der Waals surface area contributed by atoms with Crippen molar-refractivity contribution < 1.29 is 48.7 Å². The third-order valence-corrected chi connectivity index (χ3v) is 7.40. The Morgan fingerprint density at radius 2 is 1.63 bits per heavy atom. The van der Waals surface area contributed by atoms with Crippen molar-refractivity contribution >= 4 is 23.6 Å². The summed E-state index contributed by atoms with van der Waals surface area (Å²) in [6.45, 7) is 3.97. The maximum absolute atomic E-state index is 14.5. The zero-order valence-corrected chi connectivity index (χ0v) is 23.0. The van der Waals surface area contributed by atoms with Crippen molar-refractivity contribution in [1.29, 1.82) is 0 Å². The number of methoxy groups -OCH3 is 1. The van der Waals surface area contributed by atoms with Crippen LogP contribution in [0.25, 0.3) is 0 Å². The minimum atomic E-state index is -2.74. The van der Waals surface area contributed by atoms with E-state index in [9.17, 15) is 18.8 Å². The van der Waals surface area contributed by atoms with Gasteiger partial charge in [-0.15, -0.1) is 0 Å². The molecule has 1 saturated heterocycles. The summed E-state index contributed by atoms with van der Waals surface area (Å²) in [5, 5.41) is 37.5. The summed E-state index contributed by atoms with van der Waals surface area (Å²) in [5.41, 5.74) is 0.0174. The Morgan fingerprint density at radius 1 is 1.02 bits per heavy atom. The van der Waals surface area contributed by atoms with Crippen LogP contribution in [0.3, 0.4) is 0 Å². The first-order valence-electron chi connectivity index (χ1n) is 13.4. The second-order valence-electron chi connectivity index (χ2n) is 10.2. The van der Waals surface area contributed by atoms with E-state index in [1.54, 1.807) is 19.2 Å². The zero-order chi connectivity index (χ0) is 30.0. The number of anilines is 1. The fourth-order valence-electron chi connectivity index (χ4n) is 5.25. The van der Waals surface area contributed by atoms with Crippen molar-refractivity contribution in [1.82, 2.24) is 5.32 Å². The summed E-state index contributed by atoms with van der Waals surface area (Å²) >= 11 is 0. The Hall–Kier alpha value is -3.74. The van der Waals surface area contributed by atoms with Crippen LogP contribution in [-0.4, -0.2) is 77.3 Å². The molecule has 1 heterocycles. The first-order valence-corrected chi connectivity index (χ1v) is 13.4. The SMILES string of the molecule is COc1cc(N2CCOCC2)ccc1CNC1(c2ccccc2F)CCCC1.O=C(O)CC(O)(CC(=O)O)C(=O)O. The predicted octanol–water partition coefficient (Wildman–Crippen LogP) is 2.98. The summed E-state index contributed by atoms with van der Waals surface area (Å²) in [7, 11) is 1.71. The van der Waals surface area contributed by atoms with E-state index in [1.807, 2.05) is 12.1 Å². The monoisotopic (exact) mass is 576 g/mol. The van der Waals surface area contributed by atoms with Crippen LogP contribution < -0.4 is 15.0 Å². The lowest BCUT2D eigenvalue weighted by molar-refractivity contribution is -0.170. The van der Waals surface area contributed by atoms with Crippen LogP contribution in [0.2, 0.25) is 0 Å². The lowest BCUT2D eigenvalue weighted by atomic mass is 9.87. The fourth-order valence-corrected chi connectivity index (χ4v) is 5.25. The molecule has 0 atom stereocenters. The molecule has 1 aliphatic heterocycles. The normalized spacial score (nSPS) is 16.4. The van der Waals surface area contributed by atoms with Gasteiger partial charge in [-0.1, -0.05) is 37.1 Å². The highest BCUT2D eigenvalue weighted by Crippen LogP contribution is 2.40. The summed E-state index contributed by atoms with van der Waals surface area (Å²) < 4.78 is 25.7. The van der Waals surface area contributed by atoms with Gasteiger partial charge in [-0.05, 0) is 25.0 Å². The molecule has 12 heteroatoms. The molecule has 4 rings (SSSR count). The molecule has 11 nitrogen and oxygen atoms in total. The second kappa shape index (κ2) is 14.2. The lowest BCUT2D eigenvalue weighted by Crippen LogP contribution is -2.42. The predicted molar refractivity (Wildman–Crippen MR) is 147 cm³/mol. The number of nitrogens with one attached hydrogen (secondary N) is 1. The molecular formula is C29H37FN2O9. The number of halogens is 1. The lowest BCUT2D eigenvalue weighted by Gasteiger charge is -2.32. The van der Waals surface area contributed by atoms with Gasteiger partial charge in [-0.3, -0.25) is 9.59 Å². The van der Waals surface area contributed by atoms with Crippen molar-refractivity contribution in [3.05, 3.63) is 59.4 Å². The molecule has 41 heavy (non-hydrogen) atoms. The number of nitrogens with zero attached hydrogens (tertiary/aromatic N) is 1. The van der Waals surface area contributed by atoms with E-state index in [0.717, 1.165) is 74.6 Å². The first-order chi connectivity index (χ1) is 19.5. The van der Waals surface area contributed by atoms with Gasteiger partial charge in [0.15, 0.2) is 5.60 Å². The largest absolute Gasteiger partial charge is 0.496 e. The highest BCUT2D eigenvalue weighted by atomic mass is 19.1. The number of benzene rings is 2. The first kappa shape index (κ1) is 31.8. The molecule has 0 spiro atoms. The highest BCUT2D eigenvalue weighted by molar-refractivity contribution is 5.88. The second-order valence-corrected chi connectivity index (χ2v) is 10.2. The molecule has 1 aliphatic carbocycles. The summed E-state index contributed by atoms with van der Waals surface area (Å²) in [6.07, 6.45) is 1.87. The van der Waals surface area contributed by atoms with Crippen molar-refractivity contribution in [2.24, 2.45) is 0 Å². The maximum atomic E-state index is 14.5. The van der Waals surface area contributed by atoms with Gasteiger partial charge in [0.1, 0.15) is 11.6 Å². The number of ether oxygens (including phenoxy) is 2. The maximum Gasteiger partial charge on any atom is 0.336 e. The Labute approximate surface area is 237 Å². The van der Waals surface area contributed by atoms with Gasteiger partial charge >= 0.3 is 17.9 Å². The number of carboxylic acid groups (broad SMARTS) is 3. The van der Waals surface area contributed by atoms with Gasteiger partial charge in [0.25, 0.3) is 0 Å². The molecule has 0 amide bonds. The third-order valence-electron chi connectivity index (χ3n) is 7.40. The number of hydrogen-bond donors (Lipinski definition) is 5. The minimum absolute atomic E-state index is 0.119. The van der Waals surface area contributed by atoms with Gasteiger partial charge in [-0.2, -0.15) is 0 Å². The van der Waals surface area contributed by atoms with Crippen molar-refractivity contribution in [3.63, 3.8) is 0 Å². The summed E-state index contributed by atoms with van der Waals surface area (Å²) in [5.74, 6) is -4.26. The van der Waals surface area contributed by atoms with Gasteiger partial charge in [0.2, 0.25) is 0 Å². The molecule has 0 aromatic heterocycles. The molecule has 0 bridgehead atoms. The molecule has 2 aromatic carbocycles. The highest BCUT2D eigenvalue weighted by Gasteiger charge is 2.41. The van der Waals surface area contributed by atoms with E-state index in [-0.39, 0.29) is 11.4 Å². The quantitative estimate of drug-likeness (QED) is 0.267. The minimum Gasteiger partial charge on any atom is -0.496 e. The van der Waals surface area contributed by atoms with Gasteiger partial charge in [-0.25, -0.2) is 9.18 Å². The molecule has 0 unspecified atom stereocenters. The smallest absolute Gasteiger partial charge is 0.336 e. The van der Waals surface area contributed by atoms with Crippen molar-refractivity contribution in [3.8, 4) is 5.75 Å². The van der Waals surface area contributed by atoms with E-state index in [0.29, 0.717) is 6.54 Å². The molecule has 224 valence electrons. The number of aliphatic hydroxyl groups is 1. The Balaban J connectivity index is 0.000000302. The van der Waals surface area contributed by atoms with Gasteiger partial charge < -0.3 is 40.1 Å². The average molecular weight is 577 g/mol. The number of carbonyl (C=O) groups is 3. The number of rotatable bonds is 11. The molecule has 0 radical (unpaired) electrons. The van der Waals surface area contributed by atoms with Gasteiger partial charge in [0.05, 0.1) is 33.2 Å². The summed E-state index contributed by atoms with van der Waals surface area (Å²) in [4.78, 5) is 32.8. The van der Waals surface area contributed by atoms with Crippen LogP contribution in [0, 0.1) is 5.82 Å². The van der Waals surface area contributed by atoms with E-state index < -0.39 is 36.4 Å². The molecule has 1 saturated carbocycles. The van der Waals surface area contributed by atoms with E-state index in [2.05, 4.69) is 28.4 Å². The van der Waals surface area contributed by atoms with Crippen LogP contribution in [0.15, 0.2) is 42.5 Å². The molecule has 2 aliphatic rings. The number of carboxylic acids is 3. The van der Waals surface area contributed by atoms with E-state index in [4.69, 9.17) is 29.9 Å². The molecule has 2 aromatic rings.